The molecule has 0 saturated carbocycles. The van der Waals surface area contributed by atoms with Gasteiger partial charge in [-0.05, 0) is 19.8 Å². The monoisotopic (exact) mass is 169 g/mol. The summed E-state index contributed by atoms with van der Waals surface area (Å²) in [7, 11) is 0. The number of carbonyl (C=O) groups excluding carboxylic acids is 1. The zero-order valence-corrected chi connectivity index (χ0v) is 8.10. The molecule has 0 spiro atoms. The fourth-order valence-electron chi connectivity index (χ4n) is 0.990. The van der Waals surface area contributed by atoms with E-state index in [9.17, 15) is 4.79 Å². The van der Waals surface area contributed by atoms with Crippen molar-refractivity contribution in [2.75, 3.05) is 0 Å². The van der Waals surface area contributed by atoms with Crippen LogP contribution in [0.1, 0.15) is 46.0 Å². The van der Waals surface area contributed by atoms with Crippen molar-refractivity contribution in [2.24, 2.45) is 5.73 Å². The number of rotatable bonds is 6. The normalized spacial score (nSPS) is 11.7. The molecule has 0 radical (unpaired) electrons. The van der Waals surface area contributed by atoms with Crippen LogP contribution in [-0.2, 0) is 4.79 Å². The summed E-state index contributed by atoms with van der Waals surface area (Å²) in [5.41, 5.74) is 5.76. The topological polar surface area (TPSA) is 43.1 Å². The SMILES string of the molecule is CCCCCCC=C(C)C(N)=O. The van der Waals surface area contributed by atoms with E-state index in [0.717, 1.165) is 6.42 Å². The quantitative estimate of drug-likeness (QED) is 0.481. The highest BCUT2D eigenvalue weighted by atomic mass is 16.1. The second-order valence-electron chi connectivity index (χ2n) is 3.10. The van der Waals surface area contributed by atoms with Gasteiger partial charge in [0, 0.05) is 5.57 Å². The maximum atomic E-state index is 10.6. The minimum absolute atomic E-state index is 0.300. The minimum atomic E-state index is -0.300. The van der Waals surface area contributed by atoms with E-state index in [-0.39, 0.29) is 5.91 Å². The van der Waals surface area contributed by atoms with Crippen LogP contribution in [0.5, 0.6) is 0 Å². The average molecular weight is 169 g/mol. The molecule has 0 aliphatic heterocycles. The van der Waals surface area contributed by atoms with Crippen molar-refractivity contribution in [1.82, 2.24) is 0 Å². The van der Waals surface area contributed by atoms with Crippen LogP contribution in [0, 0.1) is 0 Å². The number of unbranched alkanes of at least 4 members (excludes halogenated alkanes) is 4. The molecule has 0 unspecified atom stereocenters. The molecular weight excluding hydrogens is 150 g/mol. The van der Waals surface area contributed by atoms with Crippen LogP contribution >= 0.6 is 0 Å². The second kappa shape index (κ2) is 6.89. The Hall–Kier alpha value is -0.790. The summed E-state index contributed by atoms with van der Waals surface area (Å²) >= 11 is 0. The summed E-state index contributed by atoms with van der Waals surface area (Å²) in [6, 6.07) is 0. The lowest BCUT2D eigenvalue weighted by atomic mass is 10.1. The fourth-order valence-corrected chi connectivity index (χ4v) is 0.990. The third kappa shape index (κ3) is 5.96. The fraction of sp³-hybridized carbons (Fsp3) is 0.700. The molecule has 0 heterocycles. The van der Waals surface area contributed by atoms with Crippen LogP contribution in [-0.4, -0.2) is 5.91 Å². The van der Waals surface area contributed by atoms with Crippen LogP contribution in [0.25, 0.3) is 0 Å². The van der Waals surface area contributed by atoms with E-state index in [1.165, 1.54) is 25.7 Å². The molecule has 0 atom stereocenters. The van der Waals surface area contributed by atoms with Gasteiger partial charge in [0.15, 0.2) is 0 Å². The maximum Gasteiger partial charge on any atom is 0.244 e. The molecule has 0 aromatic heterocycles. The Balaban J connectivity index is 3.40. The lowest BCUT2D eigenvalue weighted by Crippen LogP contribution is -2.11. The van der Waals surface area contributed by atoms with E-state index in [1.54, 1.807) is 6.92 Å². The minimum Gasteiger partial charge on any atom is -0.366 e. The smallest absolute Gasteiger partial charge is 0.244 e. The zero-order valence-electron chi connectivity index (χ0n) is 8.10. The van der Waals surface area contributed by atoms with E-state index in [4.69, 9.17) is 5.73 Å². The summed E-state index contributed by atoms with van der Waals surface area (Å²) in [4.78, 5) is 10.6. The summed E-state index contributed by atoms with van der Waals surface area (Å²) in [6.07, 6.45) is 7.85. The van der Waals surface area contributed by atoms with Crippen molar-refractivity contribution in [3.63, 3.8) is 0 Å². The Morgan fingerprint density at radius 2 is 2.00 bits per heavy atom. The van der Waals surface area contributed by atoms with Gasteiger partial charge < -0.3 is 5.73 Å². The van der Waals surface area contributed by atoms with Crippen molar-refractivity contribution in [1.29, 1.82) is 0 Å². The Morgan fingerprint density at radius 3 is 2.50 bits per heavy atom. The highest BCUT2D eigenvalue weighted by molar-refractivity contribution is 5.91. The summed E-state index contributed by atoms with van der Waals surface area (Å²) in [5.74, 6) is -0.300. The van der Waals surface area contributed by atoms with E-state index in [0.29, 0.717) is 5.57 Å². The van der Waals surface area contributed by atoms with Crippen molar-refractivity contribution in [2.45, 2.75) is 46.0 Å². The van der Waals surface area contributed by atoms with Crippen molar-refractivity contribution >= 4 is 5.91 Å². The van der Waals surface area contributed by atoms with Crippen LogP contribution in [0.3, 0.4) is 0 Å². The van der Waals surface area contributed by atoms with Gasteiger partial charge in [0.2, 0.25) is 5.91 Å². The Kier molecular flexibility index (Phi) is 6.44. The average Bonchev–Trinajstić information content (AvgIpc) is 2.03. The van der Waals surface area contributed by atoms with Crippen molar-refractivity contribution < 1.29 is 4.79 Å². The standard InChI is InChI=1S/C10H19NO/c1-3-4-5-6-7-8-9(2)10(11)12/h8H,3-7H2,1-2H3,(H2,11,12). The van der Waals surface area contributed by atoms with Gasteiger partial charge in [-0.1, -0.05) is 32.3 Å². The number of primary amides is 1. The first kappa shape index (κ1) is 11.2. The number of hydrogen-bond donors (Lipinski definition) is 1. The van der Waals surface area contributed by atoms with Gasteiger partial charge in [-0.2, -0.15) is 0 Å². The third-order valence-electron chi connectivity index (χ3n) is 1.90. The first-order valence-corrected chi connectivity index (χ1v) is 4.65. The lowest BCUT2D eigenvalue weighted by molar-refractivity contribution is -0.114. The van der Waals surface area contributed by atoms with Gasteiger partial charge in [-0.15, -0.1) is 0 Å². The van der Waals surface area contributed by atoms with Gasteiger partial charge in [0.05, 0.1) is 0 Å². The Morgan fingerprint density at radius 1 is 1.33 bits per heavy atom. The van der Waals surface area contributed by atoms with E-state index < -0.39 is 0 Å². The van der Waals surface area contributed by atoms with E-state index >= 15 is 0 Å². The molecule has 1 amide bonds. The Labute approximate surface area is 74.8 Å². The predicted octanol–water partition coefficient (Wildman–Crippen LogP) is 2.39. The molecule has 0 bridgehead atoms. The molecule has 0 aliphatic carbocycles. The highest BCUT2D eigenvalue weighted by Crippen LogP contribution is 2.04. The Bertz CT molecular complexity index is 161. The first-order valence-electron chi connectivity index (χ1n) is 4.65. The van der Waals surface area contributed by atoms with Gasteiger partial charge in [0.1, 0.15) is 0 Å². The van der Waals surface area contributed by atoms with Crippen LogP contribution in [0.4, 0.5) is 0 Å². The molecule has 0 rings (SSSR count). The van der Waals surface area contributed by atoms with E-state index in [2.05, 4.69) is 6.92 Å². The van der Waals surface area contributed by atoms with Crippen molar-refractivity contribution in [3.8, 4) is 0 Å². The number of carbonyl (C=O) groups is 1. The van der Waals surface area contributed by atoms with E-state index in [1.807, 2.05) is 6.08 Å². The number of nitrogens with two attached hydrogens (primary N) is 1. The van der Waals surface area contributed by atoms with Crippen LogP contribution < -0.4 is 5.73 Å². The summed E-state index contributed by atoms with van der Waals surface area (Å²) in [5, 5.41) is 0. The predicted molar refractivity (Wildman–Crippen MR) is 51.7 cm³/mol. The van der Waals surface area contributed by atoms with Gasteiger partial charge in [-0.25, -0.2) is 0 Å². The van der Waals surface area contributed by atoms with Crippen molar-refractivity contribution in [3.05, 3.63) is 11.6 Å². The molecule has 2 N–H and O–H groups in total. The largest absolute Gasteiger partial charge is 0.366 e. The number of amides is 1. The highest BCUT2D eigenvalue weighted by Gasteiger charge is 1.94. The third-order valence-corrected chi connectivity index (χ3v) is 1.90. The molecule has 12 heavy (non-hydrogen) atoms. The maximum absolute atomic E-state index is 10.6. The molecule has 2 nitrogen and oxygen atoms in total. The molecule has 2 heteroatoms. The van der Waals surface area contributed by atoms with Gasteiger partial charge >= 0.3 is 0 Å². The summed E-state index contributed by atoms with van der Waals surface area (Å²) < 4.78 is 0. The lowest BCUT2D eigenvalue weighted by Gasteiger charge is -1.96. The van der Waals surface area contributed by atoms with Crippen LogP contribution in [0.15, 0.2) is 11.6 Å². The molecule has 0 aliphatic rings. The molecule has 0 aromatic carbocycles. The first-order chi connectivity index (χ1) is 5.68. The molecule has 0 saturated heterocycles. The molecule has 70 valence electrons. The number of hydrogen-bond acceptors (Lipinski definition) is 1. The van der Waals surface area contributed by atoms with Gasteiger partial charge in [-0.3, -0.25) is 4.79 Å². The zero-order chi connectivity index (χ0) is 9.40. The molecule has 0 aromatic rings. The number of allylic oxidation sites excluding steroid dienone is 1. The van der Waals surface area contributed by atoms with Gasteiger partial charge in [0.25, 0.3) is 0 Å². The van der Waals surface area contributed by atoms with Crippen LogP contribution in [0.2, 0.25) is 0 Å². The molecular formula is C10H19NO. The second-order valence-corrected chi connectivity index (χ2v) is 3.10. The molecule has 0 fully saturated rings. The summed E-state index contributed by atoms with van der Waals surface area (Å²) in [6.45, 7) is 3.95.